The summed E-state index contributed by atoms with van der Waals surface area (Å²) in [5.74, 6) is 0.125. The Morgan fingerprint density at radius 1 is 1.30 bits per heavy atom. The lowest BCUT2D eigenvalue weighted by atomic mass is 10.00. The van der Waals surface area contributed by atoms with Crippen LogP contribution in [0.4, 0.5) is 5.69 Å². The fraction of sp³-hybridized carbons (Fsp3) is 0.562. The van der Waals surface area contributed by atoms with E-state index in [1.807, 2.05) is 30.9 Å². The molecule has 108 valence electrons. The number of benzene rings is 1. The molecule has 1 saturated heterocycles. The van der Waals surface area contributed by atoms with Crippen molar-refractivity contribution in [2.75, 3.05) is 25.0 Å². The lowest BCUT2D eigenvalue weighted by molar-refractivity contribution is -0.0586. The molecule has 1 amide bonds. The number of carbonyl (C=O) groups is 1. The van der Waals surface area contributed by atoms with E-state index in [1.165, 1.54) is 11.3 Å². The summed E-state index contributed by atoms with van der Waals surface area (Å²) >= 11 is 0. The largest absolute Gasteiger partial charge is 0.385 e. The van der Waals surface area contributed by atoms with Gasteiger partial charge in [0.2, 0.25) is 0 Å². The Labute approximate surface area is 120 Å². The fourth-order valence-electron chi connectivity index (χ4n) is 3.13. The number of hydrogen-bond acceptors (Lipinski definition) is 3. The van der Waals surface area contributed by atoms with Crippen LogP contribution in [-0.2, 0) is 11.2 Å². The molecule has 1 aromatic rings. The van der Waals surface area contributed by atoms with Crippen LogP contribution in [0.1, 0.15) is 36.2 Å². The maximum atomic E-state index is 12.6. The second-order valence-electron chi connectivity index (χ2n) is 5.87. The van der Waals surface area contributed by atoms with Gasteiger partial charge < -0.3 is 15.0 Å². The summed E-state index contributed by atoms with van der Waals surface area (Å²) in [4.78, 5) is 14.5. The summed E-state index contributed by atoms with van der Waals surface area (Å²) in [7, 11) is 0. The van der Waals surface area contributed by atoms with Crippen molar-refractivity contribution >= 4 is 11.6 Å². The zero-order valence-corrected chi connectivity index (χ0v) is 12.2. The van der Waals surface area contributed by atoms with Gasteiger partial charge in [0.05, 0.1) is 12.2 Å². The SMILES string of the molecule is C[C@@H]1CN(C(=O)c2ccc3c(c2)CCCN3)C[C@H](C)O1. The summed E-state index contributed by atoms with van der Waals surface area (Å²) in [5.41, 5.74) is 3.24. The van der Waals surface area contributed by atoms with Gasteiger partial charge in [0, 0.05) is 30.9 Å². The third-order valence-corrected chi connectivity index (χ3v) is 4.00. The maximum Gasteiger partial charge on any atom is 0.254 e. The molecule has 0 spiro atoms. The topological polar surface area (TPSA) is 41.6 Å². The number of amides is 1. The van der Waals surface area contributed by atoms with Gasteiger partial charge in [0.15, 0.2) is 0 Å². The standard InChI is InChI=1S/C16H22N2O2/c1-11-9-18(10-12(2)20-11)16(19)14-5-6-15-13(8-14)4-3-7-17-15/h5-6,8,11-12,17H,3-4,7,9-10H2,1-2H3/t11-,12+. The highest BCUT2D eigenvalue weighted by molar-refractivity contribution is 5.95. The highest BCUT2D eigenvalue weighted by Crippen LogP contribution is 2.24. The predicted molar refractivity (Wildman–Crippen MR) is 79.2 cm³/mol. The van der Waals surface area contributed by atoms with Crippen molar-refractivity contribution in [1.82, 2.24) is 4.90 Å². The van der Waals surface area contributed by atoms with E-state index in [0.717, 1.165) is 24.9 Å². The number of nitrogens with one attached hydrogen (secondary N) is 1. The third-order valence-electron chi connectivity index (χ3n) is 4.00. The number of fused-ring (bicyclic) bond motifs is 1. The van der Waals surface area contributed by atoms with E-state index in [1.54, 1.807) is 0 Å². The normalized spacial score (nSPS) is 25.8. The summed E-state index contributed by atoms with van der Waals surface area (Å²) in [6, 6.07) is 6.02. The summed E-state index contributed by atoms with van der Waals surface area (Å²) < 4.78 is 5.69. The summed E-state index contributed by atoms with van der Waals surface area (Å²) in [6.45, 7) is 6.43. The molecular weight excluding hydrogens is 252 g/mol. The first-order valence-corrected chi connectivity index (χ1v) is 7.45. The number of anilines is 1. The van der Waals surface area contributed by atoms with Crippen LogP contribution in [0.3, 0.4) is 0 Å². The Kier molecular flexibility index (Phi) is 3.66. The molecule has 1 N–H and O–H groups in total. The van der Waals surface area contributed by atoms with Gasteiger partial charge in [-0.1, -0.05) is 0 Å². The number of hydrogen-bond donors (Lipinski definition) is 1. The van der Waals surface area contributed by atoms with Crippen LogP contribution in [0.25, 0.3) is 0 Å². The van der Waals surface area contributed by atoms with Crippen molar-refractivity contribution < 1.29 is 9.53 Å². The van der Waals surface area contributed by atoms with E-state index >= 15 is 0 Å². The molecule has 2 atom stereocenters. The summed E-state index contributed by atoms with van der Waals surface area (Å²) in [6.07, 6.45) is 2.42. The maximum absolute atomic E-state index is 12.6. The minimum Gasteiger partial charge on any atom is -0.385 e. The van der Waals surface area contributed by atoms with Crippen molar-refractivity contribution in [3.05, 3.63) is 29.3 Å². The molecule has 3 rings (SSSR count). The molecule has 4 heteroatoms. The lowest BCUT2D eigenvalue weighted by Gasteiger charge is -2.35. The van der Waals surface area contributed by atoms with Gasteiger partial charge in [-0.25, -0.2) is 0 Å². The number of aryl methyl sites for hydroxylation is 1. The van der Waals surface area contributed by atoms with Crippen molar-refractivity contribution in [3.63, 3.8) is 0 Å². The molecule has 0 aromatic heterocycles. The van der Waals surface area contributed by atoms with Gasteiger partial charge in [-0.3, -0.25) is 4.79 Å². The van der Waals surface area contributed by atoms with E-state index in [9.17, 15) is 4.79 Å². The van der Waals surface area contributed by atoms with Crippen LogP contribution in [0.5, 0.6) is 0 Å². The average molecular weight is 274 g/mol. The van der Waals surface area contributed by atoms with Crippen molar-refractivity contribution in [2.24, 2.45) is 0 Å². The van der Waals surface area contributed by atoms with Crippen LogP contribution in [0.2, 0.25) is 0 Å². The Bertz CT molecular complexity index is 505. The van der Waals surface area contributed by atoms with Gasteiger partial charge in [-0.2, -0.15) is 0 Å². The quantitative estimate of drug-likeness (QED) is 0.854. The molecule has 2 aliphatic heterocycles. The molecule has 0 radical (unpaired) electrons. The molecule has 1 fully saturated rings. The van der Waals surface area contributed by atoms with Gasteiger partial charge in [-0.05, 0) is 50.5 Å². The first-order valence-electron chi connectivity index (χ1n) is 7.45. The monoisotopic (exact) mass is 274 g/mol. The minimum absolute atomic E-state index is 0.113. The fourth-order valence-corrected chi connectivity index (χ4v) is 3.13. The molecule has 0 aliphatic carbocycles. The lowest BCUT2D eigenvalue weighted by Crippen LogP contribution is -2.48. The zero-order valence-electron chi connectivity index (χ0n) is 12.2. The number of ether oxygens (including phenoxy) is 1. The molecular formula is C16H22N2O2. The van der Waals surface area contributed by atoms with Crippen molar-refractivity contribution in [3.8, 4) is 0 Å². The first kappa shape index (κ1) is 13.4. The third kappa shape index (κ3) is 2.66. The number of carbonyl (C=O) groups excluding carboxylic acids is 1. The highest BCUT2D eigenvalue weighted by atomic mass is 16.5. The molecule has 0 bridgehead atoms. The van der Waals surface area contributed by atoms with Crippen LogP contribution < -0.4 is 5.32 Å². The van der Waals surface area contributed by atoms with Crippen molar-refractivity contribution in [1.29, 1.82) is 0 Å². The molecule has 2 aliphatic rings. The Morgan fingerprint density at radius 3 is 2.80 bits per heavy atom. The second-order valence-corrected chi connectivity index (χ2v) is 5.87. The van der Waals surface area contributed by atoms with Crippen LogP contribution in [0.15, 0.2) is 18.2 Å². The van der Waals surface area contributed by atoms with E-state index < -0.39 is 0 Å². The highest BCUT2D eigenvalue weighted by Gasteiger charge is 2.27. The smallest absolute Gasteiger partial charge is 0.254 e. The zero-order chi connectivity index (χ0) is 14.1. The van der Waals surface area contributed by atoms with Crippen LogP contribution in [-0.4, -0.2) is 42.6 Å². The Morgan fingerprint density at radius 2 is 2.05 bits per heavy atom. The van der Waals surface area contributed by atoms with E-state index in [0.29, 0.717) is 13.1 Å². The van der Waals surface area contributed by atoms with Crippen molar-refractivity contribution in [2.45, 2.75) is 38.9 Å². The molecule has 2 heterocycles. The molecule has 0 saturated carbocycles. The second kappa shape index (κ2) is 5.44. The molecule has 4 nitrogen and oxygen atoms in total. The van der Waals surface area contributed by atoms with Gasteiger partial charge in [0.1, 0.15) is 0 Å². The number of nitrogens with zero attached hydrogens (tertiary/aromatic N) is 1. The van der Waals surface area contributed by atoms with E-state index in [4.69, 9.17) is 4.74 Å². The Hall–Kier alpha value is -1.55. The average Bonchev–Trinajstić information content (AvgIpc) is 2.45. The van der Waals surface area contributed by atoms with E-state index in [-0.39, 0.29) is 18.1 Å². The van der Waals surface area contributed by atoms with Gasteiger partial charge >= 0.3 is 0 Å². The summed E-state index contributed by atoms with van der Waals surface area (Å²) in [5, 5.41) is 3.38. The first-order chi connectivity index (χ1) is 9.63. The number of morpholine rings is 1. The Balaban J connectivity index is 1.79. The van der Waals surface area contributed by atoms with E-state index in [2.05, 4.69) is 11.4 Å². The number of rotatable bonds is 1. The molecule has 20 heavy (non-hydrogen) atoms. The van der Waals surface area contributed by atoms with Gasteiger partial charge in [-0.15, -0.1) is 0 Å². The predicted octanol–water partition coefficient (Wildman–Crippen LogP) is 2.29. The minimum atomic E-state index is 0.113. The molecule has 1 aromatic carbocycles. The molecule has 0 unspecified atom stereocenters. The van der Waals surface area contributed by atoms with Crippen LogP contribution >= 0.6 is 0 Å². The van der Waals surface area contributed by atoms with Crippen LogP contribution in [0, 0.1) is 0 Å². The van der Waals surface area contributed by atoms with Gasteiger partial charge in [0.25, 0.3) is 5.91 Å².